The first kappa shape index (κ1) is 13.0. The van der Waals surface area contributed by atoms with E-state index in [2.05, 4.69) is 10.2 Å². The maximum atomic E-state index is 13.7. The molecule has 1 aliphatic rings. The lowest BCUT2D eigenvalue weighted by Crippen LogP contribution is -2.28. The van der Waals surface area contributed by atoms with Gasteiger partial charge in [-0.05, 0) is 37.7 Å². The predicted octanol–water partition coefficient (Wildman–Crippen LogP) is 1.32. The SMILES string of the molecule is O=C(O)c1ccc(F)c(CN2CCCNCC2)c1. The van der Waals surface area contributed by atoms with E-state index in [9.17, 15) is 9.18 Å². The van der Waals surface area contributed by atoms with E-state index in [1.54, 1.807) is 0 Å². The Morgan fingerprint density at radius 3 is 3.00 bits per heavy atom. The molecule has 0 spiro atoms. The maximum absolute atomic E-state index is 13.7. The van der Waals surface area contributed by atoms with E-state index in [1.165, 1.54) is 18.2 Å². The molecule has 2 rings (SSSR count). The van der Waals surface area contributed by atoms with E-state index in [1.807, 2.05) is 0 Å². The molecule has 0 aliphatic carbocycles. The molecule has 0 bridgehead atoms. The highest BCUT2D eigenvalue weighted by Gasteiger charge is 2.13. The van der Waals surface area contributed by atoms with Gasteiger partial charge in [-0.1, -0.05) is 0 Å². The number of carbonyl (C=O) groups is 1. The van der Waals surface area contributed by atoms with Gasteiger partial charge in [0.05, 0.1) is 5.56 Å². The summed E-state index contributed by atoms with van der Waals surface area (Å²) in [5.41, 5.74) is 0.594. The third-order valence-corrected chi connectivity index (χ3v) is 3.12. The van der Waals surface area contributed by atoms with Crippen LogP contribution in [0, 0.1) is 5.82 Å². The number of nitrogens with one attached hydrogen (secondary N) is 1. The number of hydrogen-bond donors (Lipinski definition) is 2. The third kappa shape index (κ3) is 3.27. The summed E-state index contributed by atoms with van der Waals surface area (Å²) in [6, 6.07) is 3.95. The van der Waals surface area contributed by atoms with E-state index < -0.39 is 5.97 Å². The summed E-state index contributed by atoms with van der Waals surface area (Å²) in [5.74, 6) is -1.36. The average Bonchev–Trinajstić information content (AvgIpc) is 2.60. The van der Waals surface area contributed by atoms with Crippen molar-refractivity contribution in [3.8, 4) is 0 Å². The Balaban J connectivity index is 2.11. The molecule has 1 fully saturated rings. The Morgan fingerprint density at radius 1 is 1.39 bits per heavy atom. The Labute approximate surface area is 105 Å². The van der Waals surface area contributed by atoms with Crippen LogP contribution in [0.3, 0.4) is 0 Å². The topological polar surface area (TPSA) is 52.6 Å². The summed E-state index contributed by atoms with van der Waals surface area (Å²) in [5, 5.41) is 12.2. The van der Waals surface area contributed by atoms with Gasteiger partial charge in [0.2, 0.25) is 0 Å². The number of carboxylic acid groups (broad SMARTS) is 1. The van der Waals surface area contributed by atoms with Crippen LogP contribution < -0.4 is 5.32 Å². The monoisotopic (exact) mass is 252 g/mol. The number of benzene rings is 1. The van der Waals surface area contributed by atoms with Crippen LogP contribution >= 0.6 is 0 Å². The van der Waals surface area contributed by atoms with E-state index in [4.69, 9.17) is 5.11 Å². The van der Waals surface area contributed by atoms with Crippen LogP contribution in [-0.4, -0.2) is 42.2 Å². The first-order valence-electron chi connectivity index (χ1n) is 6.11. The summed E-state index contributed by atoms with van der Waals surface area (Å²) >= 11 is 0. The summed E-state index contributed by atoms with van der Waals surface area (Å²) in [4.78, 5) is 13.0. The largest absolute Gasteiger partial charge is 0.478 e. The first-order chi connectivity index (χ1) is 8.66. The van der Waals surface area contributed by atoms with Crippen molar-refractivity contribution < 1.29 is 14.3 Å². The molecule has 0 radical (unpaired) electrons. The van der Waals surface area contributed by atoms with E-state index >= 15 is 0 Å². The molecule has 0 amide bonds. The second-order valence-corrected chi connectivity index (χ2v) is 4.49. The third-order valence-electron chi connectivity index (χ3n) is 3.12. The van der Waals surface area contributed by atoms with E-state index in [0.29, 0.717) is 12.1 Å². The van der Waals surface area contributed by atoms with Gasteiger partial charge in [-0.3, -0.25) is 4.90 Å². The Hall–Kier alpha value is -1.46. The number of rotatable bonds is 3. The molecule has 1 aliphatic heterocycles. The van der Waals surface area contributed by atoms with Gasteiger partial charge in [0.25, 0.3) is 0 Å². The second kappa shape index (κ2) is 5.93. The number of aromatic carboxylic acids is 1. The zero-order valence-corrected chi connectivity index (χ0v) is 10.2. The Bertz CT molecular complexity index is 429. The minimum Gasteiger partial charge on any atom is -0.478 e. The van der Waals surface area contributed by atoms with Crippen LogP contribution in [0.25, 0.3) is 0 Å². The smallest absolute Gasteiger partial charge is 0.335 e. The van der Waals surface area contributed by atoms with Gasteiger partial charge in [0.15, 0.2) is 0 Å². The van der Waals surface area contributed by atoms with Crippen molar-refractivity contribution in [2.24, 2.45) is 0 Å². The molecule has 0 aromatic heterocycles. The van der Waals surface area contributed by atoms with Crippen molar-refractivity contribution in [2.75, 3.05) is 26.2 Å². The maximum Gasteiger partial charge on any atom is 0.335 e. The molecule has 4 nitrogen and oxygen atoms in total. The van der Waals surface area contributed by atoms with Crippen molar-refractivity contribution in [3.63, 3.8) is 0 Å². The summed E-state index contributed by atoms with van der Waals surface area (Å²) in [7, 11) is 0. The van der Waals surface area contributed by atoms with E-state index in [-0.39, 0.29) is 11.4 Å². The molecule has 0 saturated carbocycles. The fraction of sp³-hybridized carbons (Fsp3) is 0.462. The quantitative estimate of drug-likeness (QED) is 0.852. The summed E-state index contributed by atoms with van der Waals surface area (Å²) in [6.07, 6.45) is 1.03. The van der Waals surface area contributed by atoms with Crippen LogP contribution in [0.2, 0.25) is 0 Å². The minimum absolute atomic E-state index is 0.138. The van der Waals surface area contributed by atoms with Crippen LogP contribution in [0.4, 0.5) is 4.39 Å². The van der Waals surface area contributed by atoms with Crippen LogP contribution in [0.15, 0.2) is 18.2 Å². The molecule has 1 saturated heterocycles. The lowest BCUT2D eigenvalue weighted by atomic mass is 10.1. The molecular formula is C13H17FN2O2. The van der Waals surface area contributed by atoms with Gasteiger partial charge >= 0.3 is 5.97 Å². The highest BCUT2D eigenvalue weighted by atomic mass is 19.1. The normalized spacial score (nSPS) is 17.4. The molecular weight excluding hydrogens is 235 g/mol. The van der Waals surface area contributed by atoms with Gasteiger partial charge in [-0.2, -0.15) is 0 Å². The standard InChI is InChI=1S/C13H17FN2O2/c14-12-3-2-10(13(17)18)8-11(12)9-16-6-1-4-15-5-7-16/h2-3,8,15H,1,4-7,9H2,(H,17,18). The van der Waals surface area contributed by atoms with E-state index in [0.717, 1.165) is 32.6 Å². The molecule has 18 heavy (non-hydrogen) atoms. The van der Waals surface area contributed by atoms with Gasteiger partial charge in [0, 0.05) is 25.2 Å². The van der Waals surface area contributed by atoms with Gasteiger partial charge < -0.3 is 10.4 Å². The zero-order valence-electron chi connectivity index (χ0n) is 10.2. The van der Waals surface area contributed by atoms with Gasteiger partial charge in [-0.25, -0.2) is 9.18 Å². The highest BCUT2D eigenvalue weighted by Crippen LogP contribution is 2.14. The second-order valence-electron chi connectivity index (χ2n) is 4.49. The number of carboxylic acids is 1. The van der Waals surface area contributed by atoms with Crippen LogP contribution in [-0.2, 0) is 6.54 Å². The molecule has 5 heteroatoms. The fourth-order valence-corrected chi connectivity index (χ4v) is 2.13. The lowest BCUT2D eigenvalue weighted by molar-refractivity contribution is 0.0696. The molecule has 0 atom stereocenters. The minimum atomic E-state index is -1.02. The molecule has 1 heterocycles. The van der Waals surface area contributed by atoms with Crippen molar-refractivity contribution in [2.45, 2.75) is 13.0 Å². The molecule has 1 aromatic carbocycles. The molecule has 0 unspecified atom stereocenters. The number of nitrogens with zero attached hydrogens (tertiary/aromatic N) is 1. The highest BCUT2D eigenvalue weighted by molar-refractivity contribution is 5.87. The van der Waals surface area contributed by atoms with Crippen LogP contribution in [0.5, 0.6) is 0 Å². The number of halogens is 1. The Kier molecular flexibility index (Phi) is 4.28. The summed E-state index contributed by atoms with van der Waals surface area (Å²) in [6.45, 7) is 4.10. The predicted molar refractivity (Wildman–Crippen MR) is 66.1 cm³/mol. The van der Waals surface area contributed by atoms with Crippen molar-refractivity contribution in [1.29, 1.82) is 0 Å². The average molecular weight is 252 g/mol. The molecule has 1 aromatic rings. The molecule has 98 valence electrons. The Morgan fingerprint density at radius 2 is 2.22 bits per heavy atom. The number of hydrogen-bond acceptors (Lipinski definition) is 3. The van der Waals surface area contributed by atoms with Gasteiger partial charge in [-0.15, -0.1) is 0 Å². The molecule has 2 N–H and O–H groups in total. The van der Waals surface area contributed by atoms with Gasteiger partial charge in [0.1, 0.15) is 5.82 Å². The lowest BCUT2D eigenvalue weighted by Gasteiger charge is -2.19. The van der Waals surface area contributed by atoms with Crippen molar-refractivity contribution in [3.05, 3.63) is 35.1 Å². The summed E-state index contributed by atoms with van der Waals surface area (Å²) < 4.78 is 13.7. The first-order valence-corrected chi connectivity index (χ1v) is 6.11. The van der Waals surface area contributed by atoms with Crippen molar-refractivity contribution >= 4 is 5.97 Å². The van der Waals surface area contributed by atoms with Crippen molar-refractivity contribution in [1.82, 2.24) is 10.2 Å². The zero-order chi connectivity index (χ0) is 13.0. The fourth-order valence-electron chi connectivity index (χ4n) is 2.13. The van der Waals surface area contributed by atoms with Crippen LogP contribution in [0.1, 0.15) is 22.3 Å².